The number of carbonyl (C=O) groups is 1. The molecule has 0 spiro atoms. The van der Waals surface area contributed by atoms with Crippen LogP contribution in [0.25, 0.3) is 0 Å². The molecule has 6 heteroatoms. The summed E-state index contributed by atoms with van der Waals surface area (Å²) in [6.45, 7) is 4.13. The Kier molecular flexibility index (Phi) is 5.02. The molecule has 1 amide bonds. The van der Waals surface area contributed by atoms with Crippen LogP contribution >= 0.6 is 34.5 Å². The van der Waals surface area contributed by atoms with Crippen molar-refractivity contribution in [3.63, 3.8) is 0 Å². The minimum absolute atomic E-state index is 0.140. The van der Waals surface area contributed by atoms with Crippen LogP contribution in [-0.4, -0.2) is 10.9 Å². The zero-order valence-electron chi connectivity index (χ0n) is 11.1. The number of nitrogens with zero attached hydrogens (tertiary/aromatic N) is 1. The summed E-state index contributed by atoms with van der Waals surface area (Å²) in [5.41, 5.74) is 1.73. The number of rotatable bonds is 4. The molecule has 20 heavy (non-hydrogen) atoms. The van der Waals surface area contributed by atoms with E-state index < -0.39 is 0 Å². The number of thiazole rings is 1. The van der Waals surface area contributed by atoms with Crippen LogP contribution in [0.2, 0.25) is 10.0 Å². The van der Waals surface area contributed by atoms with Gasteiger partial charge < -0.3 is 5.32 Å². The van der Waals surface area contributed by atoms with Crippen molar-refractivity contribution in [3.05, 3.63) is 44.9 Å². The van der Waals surface area contributed by atoms with Gasteiger partial charge in [0.25, 0.3) is 0 Å². The molecule has 2 rings (SSSR count). The summed E-state index contributed by atoms with van der Waals surface area (Å²) in [6, 6.07) is 5.11. The highest BCUT2D eigenvalue weighted by atomic mass is 35.5. The number of carbonyl (C=O) groups excluding carboxylic acids is 1. The van der Waals surface area contributed by atoms with Crippen LogP contribution in [0.1, 0.15) is 31.0 Å². The maximum absolute atomic E-state index is 12.0. The second-order valence-corrected chi connectivity index (χ2v) is 6.39. The number of nitrogens with one attached hydrogen (secondary N) is 1. The first-order chi connectivity index (χ1) is 9.45. The van der Waals surface area contributed by atoms with E-state index >= 15 is 0 Å². The lowest BCUT2D eigenvalue weighted by Gasteiger charge is -2.05. The number of aromatic nitrogens is 1. The van der Waals surface area contributed by atoms with E-state index in [1.807, 2.05) is 5.38 Å². The molecule has 0 saturated heterocycles. The van der Waals surface area contributed by atoms with E-state index in [4.69, 9.17) is 23.2 Å². The lowest BCUT2D eigenvalue weighted by molar-refractivity contribution is -0.115. The molecule has 3 nitrogen and oxygen atoms in total. The average Bonchev–Trinajstić information content (AvgIpc) is 2.81. The van der Waals surface area contributed by atoms with Gasteiger partial charge in [0.15, 0.2) is 5.13 Å². The third kappa shape index (κ3) is 3.95. The summed E-state index contributed by atoms with van der Waals surface area (Å²) >= 11 is 13.3. The third-order valence-corrected chi connectivity index (χ3v) is 4.09. The molecule has 0 radical (unpaired) electrons. The Labute approximate surface area is 131 Å². The maximum Gasteiger partial charge on any atom is 0.230 e. The van der Waals surface area contributed by atoms with Crippen molar-refractivity contribution in [2.45, 2.75) is 26.2 Å². The summed E-state index contributed by atoms with van der Waals surface area (Å²) in [7, 11) is 0. The summed E-state index contributed by atoms with van der Waals surface area (Å²) in [5.74, 6) is 0.210. The first-order valence-electron chi connectivity index (χ1n) is 6.15. The van der Waals surface area contributed by atoms with Gasteiger partial charge in [-0.25, -0.2) is 4.98 Å². The monoisotopic (exact) mass is 328 g/mol. The Balaban J connectivity index is 2.01. The van der Waals surface area contributed by atoms with Crippen LogP contribution in [0.4, 0.5) is 5.13 Å². The number of anilines is 1. The number of hydrogen-bond acceptors (Lipinski definition) is 3. The second kappa shape index (κ2) is 6.57. The van der Waals surface area contributed by atoms with E-state index in [1.165, 1.54) is 11.3 Å². The molecule has 1 aromatic heterocycles. The van der Waals surface area contributed by atoms with Crippen LogP contribution in [0, 0.1) is 0 Å². The largest absolute Gasteiger partial charge is 0.302 e. The molecule has 1 heterocycles. The summed E-state index contributed by atoms with van der Waals surface area (Å²) in [5, 5.41) is 6.40. The van der Waals surface area contributed by atoms with Crippen LogP contribution in [0.15, 0.2) is 23.6 Å². The minimum Gasteiger partial charge on any atom is -0.302 e. The predicted molar refractivity (Wildman–Crippen MR) is 85.0 cm³/mol. The van der Waals surface area contributed by atoms with Gasteiger partial charge in [0.2, 0.25) is 5.91 Å². The zero-order chi connectivity index (χ0) is 14.7. The fourth-order valence-electron chi connectivity index (χ4n) is 1.61. The third-order valence-electron chi connectivity index (χ3n) is 2.73. The van der Waals surface area contributed by atoms with Gasteiger partial charge in [-0.2, -0.15) is 0 Å². The molecule has 1 aromatic carbocycles. The summed E-state index contributed by atoms with van der Waals surface area (Å²) in [4.78, 5) is 16.3. The van der Waals surface area contributed by atoms with Gasteiger partial charge in [-0.05, 0) is 23.6 Å². The Morgan fingerprint density at radius 3 is 2.75 bits per heavy atom. The SMILES string of the molecule is CC(C)c1csc(NC(=O)Cc2ccc(Cl)cc2Cl)n1. The van der Waals surface area contributed by atoms with Crippen molar-refractivity contribution in [2.75, 3.05) is 5.32 Å². The van der Waals surface area contributed by atoms with Crippen molar-refractivity contribution in [1.82, 2.24) is 4.98 Å². The molecule has 0 atom stereocenters. The van der Waals surface area contributed by atoms with E-state index in [0.717, 1.165) is 11.3 Å². The first-order valence-corrected chi connectivity index (χ1v) is 7.78. The number of hydrogen-bond donors (Lipinski definition) is 1. The van der Waals surface area contributed by atoms with Crippen molar-refractivity contribution in [3.8, 4) is 0 Å². The predicted octanol–water partition coefficient (Wildman–Crippen LogP) is 4.75. The molecule has 0 unspecified atom stereocenters. The van der Waals surface area contributed by atoms with E-state index in [2.05, 4.69) is 24.1 Å². The maximum atomic E-state index is 12.0. The van der Waals surface area contributed by atoms with Crippen molar-refractivity contribution >= 4 is 45.6 Å². The molecular formula is C14H14Cl2N2OS. The van der Waals surface area contributed by atoms with Crippen molar-refractivity contribution in [1.29, 1.82) is 0 Å². The Hall–Kier alpha value is -1.10. The highest BCUT2D eigenvalue weighted by molar-refractivity contribution is 7.13. The first kappa shape index (κ1) is 15.3. The quantitative estimate of drug-likeness (QED) is 0.879. The minimum atomic E-state index is -0.140. The van der Waals surface area contributed by atoms with Gasteiger partial charge in [0, 0.05) is 15.4 Å². The second-order valence-electron chi connectivity index (χ2n) is 4.69. The lowest BCUT2D eigenvalue weighted by Crippen LogP contribution is -2.14. The van der Waals surface area contributed by atoms with Crippen LogP contribution in [0.3, 0.4) is 0 Å². The van der Waals surface area contributed by atoms with Crippen LogP contribution in [-0.2, 0) is 11.2 Å². The molecule has 0 bridgehead atoms. The number of halogens is 2. The summed E-state index contributed by atoms with van der Waals surface area (Å²) in [6.07, 6.45) is 0.201. The van der Waals surface area contributed by atoms with Gasteiger partial charge in [-0.3, -0.25) is 4.79 Å². The van der Waals surface area contributed by atoms with E-state index in [0.29, 0.717) is 21.1 Å². The van der Waals surface area contributed by atoms with Gasteiger partial charge in [-0.1, -0.05) is 43.1 Å². The molecule has 0 aliphatic rings. The molecule has 0 aliphatic carbocycles. The van der Waals surface area contributed by atoms with E-state index in [-0.39, 0.29) is 12.3 Å². The van der Waals surface area contributed by atoms with Crippen LogP contribution < -0.4 is 5.32 Å². The standard InChI is InChI=1S/C14H14Cl2N2OS/c1-8(2)12-7-20-14(17-12)18-13(19)5-9-3-4-10(15)6-11(9)16/h3-4,6-8H,5H2,1-2H3,(H,17,18,19). The van der Waals surface area contributed by atoms with Crippen molar-refractivity contribution in [2.24, 2.45) is 0 Å². The molecule has 0 saturated carbocycles. The number of amides is 1. The van der Waals surface area contributed by atoms with Crippen LogP contribution in [0.5, 0.6) is 0 Å². The lowest BCUT2D eigenvalue weighted by atomic mass is 10.1. The topological polar surface area (TPSA) is 42.0 Å². The van der Waals surface area contributed by atoms with Gasteiger partial charge in [-0.15, -0.1) is 11.3 Å². The normalized spacial score (nSPS) is 10.8. The molecule has 0 fully saturated rings. The van der Waals surface area contributed by atoms with Crippen molar-refractivity contribution < 1.29 is 4.79 Å². The zero-order valence-corrected chi connectivity index (χ0v) is 13.4. The summed E-state index contributed by atoms with van der Waals surface area (Å²) < 4.78 is 0. The average molecular weight is 329 g/mol. The molecule has 0 aliphatic heterocycles. The van der Waals surface area contributed by atoms with Gasteiger partial charge in [0.1, 0.15) is 0 Å². The van der Waals surface area contributed by atoms with Gasteiger partial charge in [0.05, 0.1) is 12.1 Å². The Bertz CT molecular complexity index is 625. The van der Waals surface area contributed by atoms with Gasteiger partial charge >= 0.3 is 0 Å². The Morgan fingerprint density at radius 1 is 1.40 bits per heavy atom. The van der Waals surface area contributed by atoms with E-state index in [9.17, 15) is 4.79 Å². The Morgan fingerprint density at radius 2 is 2.15 bits per heavy atom. The number of benzene rings is 1. The molecule has 106 valence electrons. The molecule has 1 N–H and O–H groups in total. The fraction of sp³-hybridized carbons (Fsp3) is 0.286. The highest BCUT2D eigenvalue weighted by Gasteiger charge is 2.11. The smallest absolute Gasteiger partial charge is 0.230 e. The van der Waals surface area contributed by atoms with E-state index in [1.54, 1.807) is 18.2 Å². The molecular weight excluding hydrogens is 315 g/mol. The highest BCUT2D eigenvalue weighted by Crippen LogP contribution is 2.23. The fourth-order valence-corrected chi connectivity index (χ4v) is 2.97. The molecule has 2 aromatic rings.